The van der Waals surface area contributed by atoms with E-state index in [1.165, 1.54) is 10.4 Å². The molecule has 0 aliphatic carbocycles. The Morgan fingerprint density at radius 2 is 2.11 bits per heavy atom. The molecule has 1 N–H and O–H groups in total. The number of ether oxygens (including phenoxy) is 1. The van der Waals surface area contributed by atoms with Crippen molar-refractivity contribution in [3.8, 4) is 0 Å². The number of aromatic nitrogens is 1. The molecule has 0 saturated carbocycles. The van der Waals surface area contributed by atoms with Gasteiger partial charge in [0.2, 0.25) is 0 Å². The number of nitrogens with zero attached hydrogens (tertiary/aromatic N) is 3. The van der Waals surface area contributed by atoms with Crippen LogP contribution in [0.2, 0.25) is 0 Å². The molecule has 0 aromatic carbocycles. The van der Waals surface area contributed by atoms with Crippen molar-refractivity contribution in [2.24, 2.45) is 0 Å². The SMILES string of the molecule is Cc1ccsc1[C@H]1[C@@H](c2ccccn2)NC(=S)N1CCCN1CCOCC1. The topological polar surface area (TPSA) is 40.6 Å². The summed E-state index contributed by atoms with van der Waals surface area (Å²) in [6.45, 7) is 8.00. The van der Waals surface area contributed by atoms with Crippen molar-refractivity contribution in [1.82, 2.24) is 20.1 Å². The lowest BCUT2D eigenvalue weighted by molar-refractivity contribution is 0.0365. The monoisotopic (exact) mass is 402 g/mol. The van der Waals surface area contributed by atoms with Crippen molar-refractivity contribution in [3.05, 3.63) is 52.0 Å². The number of thiocarbonyl (C=S) groups is 1. The second-order valence-corrected chi connectivity index (χ2v) is 8.43. The molecule has 2 atom stereocenters. The number of nitrogens with one attached hydrogen (secondary N) is 1. The lowest BCUT2D eigenvalue weighted by Gasteiger charge is -2.30. The number of morpholine rings is 1. The minimum absolute atomic E-state index is 0.0967. The largest absolute Gasteiger partial charge is 0.379 e. The molecule has 0 amide bonds. The molecule has 2 aliphatic rings. The van der Waals surface area contributed by atoms with Crippen molar-refractivity contribution in [2.75, 3.05) is 39.4 Å². The van der Waals surface area contributed by atoms with E-state index in [0.717, 1.165) is 56.6 Å². The Hall–Kier alpha value is -1.54. The van der Waals surface area contributed by atoms with E-state index in [1.54, 1.807) is 0 Å². The first-order chi connectivity index (χ1) is 13.2. The van der Waals surface area contributed by atoms with Crippen LogP contribution in [0.15, 0.2) is 35.8 Å². The molecule has 0 bridgehead atoms. The van der Waals surface area contributed by atoms with Crippen LogP contribution in [0.1, 0.15) is 34.6 Å². The Labute approximate surface area is 170 Å². The number of aryl methyl sites for hydroxylation is 1. The molecule has 4 rings (SSSR count). The second-order valence-electron chi connectivity index (χ2n) is 7.10. The highest BCUT2D eigenvalue weighted by molar-refractivity contribution is 7.80. The maximum Gasteiger partial charge on any atom is 0.170 e. The maximum absolute atomic E-state index is 5.74. The number of pyridine rings is 1. The molecule has 5 nitrogen and oxygen atoms in total. The quantitative estimate of drug-likeness (QED) is 0.749. The minimum atomic E-state index is 0.0967. The Bertz CT molecular complexity index is 760. The highest BCUT2D eigenvalue weighted by Gasteiger charge is 2.40. The second kappa shape index (κ2) is 8.65. The first-order valence-electron chi connectivity index (χ1n) is 9.56. The zero-order valence-electron chi connectivity index (χ0n) is 15.6. The molecule has 0 spiro atoms. The molecule has 2 fully saturated rings. The Morgan fingerprint density at radius 1 is 1.26 bits per heavy atom. The fourth-order valence-corrected chi connectivity index (χ4v) is 5.31. The Balaban J connectivity index is 1.51. The van der Waals surface area contributed by atoms with Gasteiger partial charge in [-0.2, -0.15) is 0 Å². The fraction of sp³-hybridized carbons (Fsp3) is 0.500. The van der Waals surface area contributed by atoms with Gasteiger partial charge in [0, 0.05) is 37.3 Å². The van der Waals surface area contributed by atoms with Gasteiger partial charge in [0.05, 0.1) is 31.0 Å². The standard InChI is InChI=1S/C20H26N4OS2/c1-15-6-14-27-19(15)18-17(16-5-2-3-7-21-16)22-20(26)24(18)9-4-8-23-10-12-25-13-11-23/h2-3,5-7,14,17-18H,4,8-13H2,1H3,(H,22,26)/t17-,18-/m1/s1. The van der Waals surface area contributed by atoms with Gasteiger partial charge in [-0.25, -0.2) is 0 Å². The van der Waals surface area contributed by atoms with Crippen LogP contribution in [0.25, 0.3) is 0 Å². The number of rotatable bonds is 6. The zero-order valence-corrected chi connectivity index (χ0v) is 17.3. The molecular weight excluding hydrogens is 376 g/mol. The minimum Gasteiger partial charge on any atom is -0.379 e. The van der Waals surface area contributed by atoms with E-state index < -0.39 is 0 Å². The number of hydrogen-bond acceptors (Lipinski definition) is 5. The zero-order chi connectivity index (χ0) is 18.6. The summed E-state index contributed by atoms with van der Waals surface area (Å²) >= 11 is 7.56. The first kappa shape index (κ1) is 18.8. The summed E-state index contributed by atoms with van der Waals surface area (Å²) in [5, 5.41) is 6.55. The summed E-state index contributed by atoms with van der Waals surface area (Å²) in [5.41, 5.74) is 2.38. The van der Waals surface area contributed by atoms with Crippen LogP contribution >= 0.6 is 23.6 Å². The molecule has 4 heterocycles. The number of hydrogen-bond donors (Lipinski definition) is 1. The van der Waals surface area contributed by atoms with E-state index >= 15 is 0 Å². The van der Waals surface area contributed by atoms with Gasteiger partial charge in [-0.1, -0.05) is 6.07 Å². The summed E-state index contributed by atoms with van der Waals surface area (Å²) in [6, 6.07) is 8.60. The van der Waals surface area contributed by atoms with Crippen LogP contribution in [0.3, 0.4) is 0 Å². The van der Waals surface area contributed by atoms with Crippen molar-refractivity contribution in [3.63, 3.8) is 0 Å². The highest BCUT2D eigenvalue weighted by Crippen LogP contribution is 2.41. The van der Waals surface area contributed by atoms with Crippen molar-refractivity contribution in [1.29, 1.82) is 0 Å². The first-order valence-corrected chi connectivity index (χ1v) is 10.8. The van der Waals surface area contributed by atoms with Crippen LogP contribution in [-0.4, -0.2) is 59.3 Å². The highest BCUT2D eigenvalue weighted by atomic mass is 32.1. The molecule has 144 valence electrons. The molecule has 2 aromatic heterocycles. The van der Waals surface area contributed by atoms with E-state index in [0.29, 0.717) is 0 Å². The average Bonchev–Trinajstić information content (AvgIpc) is 3.26. The van der Waals surface area contributed by atoms with Crippen molar-refractivity contribution in [2.45, 2.75) is 25.4 Å². The molecular formula is C20H26N4OS2. The lowest BCUT2D eigenvalue weighted by Crippen LogP contribution is -2.38. The predicted octanol–water partition coefficient (Wildman–Crippen LogP) is 3.15. The van der Waals surface area contributed by atoms with Gasteiger partial charge in [0.25, 0.3) is 0 Å². The van der Waals surface area contributed by atoms with Gasteiger partial charge in [-0.3, -0.25) is 9.88 Å². The molecule has 0 radical (unpaired) electrons. The molecule has 2 saturated heterocycles. The normalized spacial score (nSPS) is 23.6. The summed E-state index contributed by atoms with van der Waals surface area (Å²) in [4.78, 5) is 10.8. The molecule has 2 aliphatic heterocycles. The average molecular weight is 403 g/mol. The molecule has 27 heavy (non-hydrogen) atoms. The van der Waals surface area contributed by atoms with E-state index in [1.807, 2.05) is 29.7 Å². The fourth-order valence-electron chi connectivity index (χ4n) is 3.91. The van der Waals surface area contributed by atoms with Crippen LogP contribution in [0.4, 0.5) is 0 Å². The number of thiophene rings is 1. The maximum atomic E-state index is 5.74. The van der Waals surface area contributed by atoms with Gasteiger partial charge < -0.3 is 15.0 Å². The van der Waals surface area contributed by atoms with Crippen LogP contribution in [0.5, 0.6) is 0 Å². The van der Waals surface area contributed by atoms with Crippen LogP contribution < -0.4 is 5.32 Å². The van der Waals surface area contributed by atoms with Crippen LogP contribution in [0, 0.1) is 6.92 Å². The van der Waals surface area contributed by atoms with Crippen molar-refractivity contribution < 1.29 is 4.74 Å². The third-order valence-electron chi connectivity index (χ3n) is 5.35. The van der Waals surface area contributed by atoms with E-state index in [9.17, 15) is 0 Å². The molecule has 0 unspecified atom stereocenters. The van der Waals surface area contributed by atoms with Gasteiger partial charge in [0.1, 0.15) is 0 Å². The van der Waals surface area contributed by atoms with Crippen LogP contribution in [-0.2, 0) is 4.74 Å². The lowest BCUT2D eigenvalue weighted by atomic mass is 10.0. The van der Waals surface area contributed by atoms with E-state index in [2.05, 4.69) is 44.5 Å². The summed E-state index contributed by atoms with van der Waals surface area (Å²) in [7, 11) is 0. The third kappa shape index (κ3) is 4.16. The van der Waals surface area contributed by atoms with Gasteiger partial charge in [-0.05, 0) is 54.7 Å². The Morgan fingerprint density at radius 3 is 2.81 bits per heavy atom. The van der Waals surface area contributed by atoms with Gasteiger partial charge >= 0.3 is 0 Å². The Kier molecular flexibility index (Phi) is 6.02. The smallest absolute Gasteiger partial charge is 0.170 e. The van der Waals surface area contributed by atoms with E-state index in [-0.39, 0.29) is 12.1 Å². The van der Waals surface area contributed by atoms with E-state index in [4.69, 9.17) is 17.0 Å². The van der Waals surface area contributed by atoms with Crippen molar-refractivity contribution >= 4 is 28.7 Å². The van der Waals surface area contributed by atoms with Gasteiger partial charge in [0.15, 0.2) is 5.11 Å². The van der Waals surface area contributed by atoms with Gasteiger partial charge in [-0.15, -0.1) is 11.3 Å². The molecule has 2 aromatic rings. The summed E-state index contributed by atoms with van der Waals surface area (Å²) < 4.78 is 5.45. The summed E-state index contributed by atoms with van der Waals surface area (Å²) in [6.07, 6.45) is 2.96. The summed E-state index contributed by atoms with van der Waals surface area (Å²) in [5.74, 6) is 0. The third-order valence-corrected chi connectivity index (χ3v) is 6.79. The predicted molar refractivity (Wildman–Crippen MR) is 113 cm³/mol. The molecule has 7 heteroatoms.